The lowest BCUT2D eigenvalue weighted by molar-refractivity contribution is 0.256. The van der Waals surface area contributed by atoms with E-state index in [2.05, 4.69) is 71.7 Å². The molecule has 0 aliphatic carbocycles. The largest absolute Gasteiger partial charge is 0.370 e. The first-order valence-electron chi connectivity index (χ1n) is 14.7. The third-order valence-electron chi connectivity index (χ3n) is 8.32. The number of hydrogen-bond acceptors (Lipinski definition) is 4. The van der Waals surface area contributed by atoms with E-state index in [1.807, 2.05) is 0 Å². The van der Waals surface area contributed by atoms with Crippen LogP contribution in [0.2, 0.25) is 0 Å². The number of rotatable bonds is 16. The van der Waals surface area contributed by atoms with Crippen molar-refractivity contribution in [2.24, 2.45) is 16.6 Å². The average molecular weight is 497 g/mol. The number of benzene rings is 1. The Morgan fingerprint density at radius 2 is 1.81 bits per heavy atom. The Kier molecular flexibility index (Phi) is 11.4. The highest BCUT2D eigenvalue weighted by Gasteiger charge is 2.36. The molecule has 0 radical (unpaired) electrons. The Morgan fingerprint density at radius 1 is 1.03 bits per heavy atom. The molecule has 1 fully saturated rings. The molecular formula is C30H52N6. The summed E-state index contributed by atoms with van der Waals surface area (Å²) in [6.45, 7) is 13.8. The SMILES string of the molecule is CCCCCCCN1C(N)=NC[C@@H]1CCCCN1CC(C(C)CC)N(CCc2cccc(C)c2)C1=N. The van der Waals surface area contributed by atoms with Gasteiger partial charge >= 0.3 is 0 Å². The van der Waals surface area contributed by atoms with Crippen molar-refractivity contribution in [1.82, 2.24) is 14.7 Å². The van der Waals surface area contributed by atoms with E-state index in [-0.39, 0.29) is 0 Å². The third-order valence-corrected chi connectivity index (χ3v) is 8.32. The van der Waals surface area contributed by atoms with Crippen LogP contribution >= 0.6 is 0 Å². The van der Waals surface area contributed by atoms with Gasteiger partial charge in [-0.25, -0.2) is 0 Å². The van der Waals surface area contributed by atoms with Gasteiger partial charge in [-0.3, -0.25) is 10.4 Å². The van der Waals surface area contributed by atoms with E-state index in [1.165, 1.54) is 49.7 Å². The van der Waals surface area contributed by atoms with Crippen molar-refractivity contribution in [3.8, 4) is 0 Å². The van der Waals surface area contributed by atoms with Gasteiger partial charge in [0.05, 0.1) is 18.6 Å². The van der Waals surface area contributed by atoms with Crippen molar-refractivity contribution in [1.29, 1.82) is 5.41 Å². The van der Waals surface area contributed by atoms with E-state index in [9.17, 15) is 0 Å². The number of nitrogens with two attached hydrogens (primary N) is 1. The van der Waals surface area contributed by atoms with E-state index in [4.69, 9.17) is 11.1 Å². The minimum absolute atomic E-state index is 0.443. The third kappa shape index (κ3) is 7.88. The molecule has 2 aliphatic heterocycles. The second-order valence-electron chi connectivity index (χ2n) is 11.1. The van der Waals surface area contributed by atoms with Gasteiger partial charge in [-0.2, -0.15) is 0 Å². The van der Waals surface area contributed by atoms with Crippen molar-refractivity contribution in [2.75, 3.05) is 32.7 Å². The van der Waals surface area contributed by atoms with Crippen molar-refractivity contribution >= 4 is 11.9 Å². The Bertz CT molecular complexity index is 836. The van der Waals surface area contributed by atoms with Gasteiger partial charge in [0, 0.05) is 26.2 Å². The summed E-state index contributed by atoms with van der Waals surface area (Å²) in [5.74, 6) is 2.07. The summed E-state index contributed by atoms with van der Waals surface area (Å²) in [6.07, 6.45) is 12.0. The standard InChI is InChI=1S/C30H52N6/c1-5-7-8-9-11-19-35-27(22-33-29(35)31)16-10-12-18-34-23-28(25(4)6-2)36(30(34)32)20-17-26-15-13-14-24(3)21-26/h13-15,21,25,27-28,32H,5-12,16-20,22-23H2,1-4H3,(H2,31,33)/t25?,27-,28?/m0/s1. The molecule has 2 aliphatic rings. The minimum atomic E-state index is 0.443. The molecule has 0 saturated carbocycles. The summed E-state index contributed by atoms with van der Waals surface area (Å²) in [5, 5.41) is 8.96. The van der Waals surface area contributed by atoms with Gasteiger partial charge in [0.2, 0.25) is 0 Å². The molecule has 36 heavy (non-hydrogen) atoms. The second-order valence-corrected chi connectivity index (χ2v) is 11.1. The number of aliphatic imine (C=N–C) groups is 1. The molecule has 2 heterocycles. The van der Waals surface area contributed by atoms with Crippen molar-refractivity contribution in [2.45, 2.75) is 104 Å². The molecule has 6 nitrogen and oxygen atoms in total. The molecule has 0 aromatic heterocycles. The van der Waals surface area contributed by atoms with E-state index < -0.39 is 0 Å². The first-order valence-corrected chi connectivity index (χ1v) is 14.7. The Labute approximate surface area is 220 Å². The highest BCUT2D eigenvalue weighted by atomic mass is 15.4. The fraction of sp³-hybridized carbons (Fsp3) is 0.733. The zero-order chi connectivity index (χ0) is 25.9. The predicted octanol–water partition coefficient (Wildman–Crippen LogP) is 5.64. The van der Waals surface area contributed by atoms with Crippen LogP contribution < -0.4 is 5.73 Å². The number of guanidine groups is 2. The monoisotopic (exact) mass is 496 g/mol. The zero-order valence-corrected chi connectivity index (χ0v) is 23.5. The van der Waals surface area contributed by atoms with Gasteiger partial charge in [-0.1, -0.05) is 82.7 Å². The number of nitrogens with one attached hydrogen (secondary N) is 1. The summed E-state index contributed by atoms with van der Waals surface area (Å²) in [7, 11) is 0. The molecule has 0 amide bonds. The number of aryl methyl sites for hydroxylation is 1. The fourth-order valence-electron chi connectivity index (χ4n) is 5.78. The molecule has 0 spiro atoms. The van der Waals surface area contributed by atoms with E-state index >= 15 is 0 Å². The molecule has 1 aromatic rings. The van der Waals surface area contributed by atoms with Gasteiger partial charge in [-0.15, -0.1) is 0 Å². The Hall–Kier alpha value is -2.24. The lowest BCUT2D eigenvalue weighted by Crippen LogP contribution is -2.41. The summed E-state index contributed by atoms with van der Waals surface area (Å²) in [6, 6.07) is 9.71. The van der Waals surface area contributed by atoms with Gasteiger partial charge in [0.15, 0.2) is 11.9 Å². The first-order chi connectivity index (χ1) is 17.4. The smallest absolute Gasteiger partial charge is 0.194 e. The molecule has 3 atom stereocenters. The van der Waals surface area contributed by atoms with Crippen LogP contribution in [-0.2, 0) is 6.42 Å². The number of hydrogen-bond donors (Lipinski definition) is 2. The van der Waals surface area contributed by atoms with E-state index in [0.717, 1.165) is 70.3 Å². The van der Waals surface area contributed by atoms with Gasteiger partial charge in [0.1, 0.15) is 0 Å². The maximum atomic E-state index is 8.96. The molecule has 2 unspecified atom stereocenters. The normalized spacial score (nSPS) is 20.9. The highest BCUT2D eigenvalue weighted by molar-refractivity contribution is 5.80. The van der Waals surface area contributed by atoms with Crippen LogP contribution in [0.25, 0.3) is 0 Å². The highest BCUT2D eigenvalue weighted by Crippen LogP contribution is 2.25. The van der Waals surface area contributed by atoms with Gasteiger partial charge < -0.3 is 20.4 Å². The first kappa shape index (κ1) is 28.3. The summed E-state index contributed by atoms with van der Waals surface area (Å²) in [4.78, 5) is 11.6. The van der Waals surface area contributed by atoms with Gasteiger partial charge in [-0.05, 0) is 50.5 Å². The number of unbranched alkanes of at least 4 members (excludes halogenated alkanes) is 5. The topological polar surface area (TPSA) is 72.0 Å². The van der Waals surface area contributed by atoms with Crippen LogP contribution in [-0.4, -0.2) is 71.4 Å². The fourth-order valence-corrected chi connectivity index (χ4v) is 5.78. The molecule has 0 bridgehead atoms. The molecule has 1 aromatic carbocycles. The van der Waals surface area contributed by atoms with Gasteiger partial charge in [0.25, 0.3) is 0 Å². The van der Waals surface area contributed by atoms with Crippen LogP contribution in [0.1, 0.15) is 89.7 Å². The number of nitrogens with zero attached hydrogens (tertiary/aromatic N) is 4. The summed E-state index contributed by atoms with van der Waals surface area (Å²) >= 11 is 0. The minimum Gasteiger partial charge on any atom is -0.370 e. The quantitative estimate of drug-likeness (QED) is 0.290. The average Bonchev–Trinajstić information content (AvgIpc) is 3.38. The molecular weight excluding hydrogens is 444 g/mol. The van der Waals surface area contributed by atoms with Crippen LogP contribution in [0.4, 0.5) is 0 Å². The molecule has 6 heteroatoms. The molecule has 3 rings (SSSR count). The second kappa shape index (κ2) is 14.5. The van der Waals surface area contributed by atoms with E-state index in [1.54, 1.807) is 0 Å². The maximum absolute atomic E-state index is 8.96. The van der Waals surface area contributed by atoms with E-state index in [0.29, 0.717) is 18.0 Å². The van der Waals surface area contributed by atoms with Crippen molar-refractivity contribution in [3.05, 3.63) is 35.4 Å². The van der Waals surface area contributed by atoms with Crippen molar-refractivity contribution < 1.29 is 0 Å². The van der Waals surface area contributed by atoms with Crippen LogP contribution in [0.3, 0.4) is 0 Å². The van der Waals surface area contributed by atoms with Crippen LogP contribution in [0, 0.1) is 18.3 Å². The zero-order valence-electron chi connectivity index (χ0n) is 23.5. The molecule has 3 N–H and O–H groups in total. The van der Waals surface area contributed by atoms with Crippen LogP contribution in [0.15, 0.2) is 29.3 Å². The molecule has 202 valence electrons. The Balaban J connectivity index is 1.44. The summed E-state index contributed by atoms with van der Waals surface area (Å²) < 4.78 is 0. The lowest BCUT2D eigenvalue weighted by atomic mass is 9.98. The Morgan fingerprint density at radius 3 is 2.56 bits per heavy atom. The van der Waals surface area contributed by atoms with Crippen molar-refractivity contribution in [3.63, 3.8) is 0 Å². The van der Waals surface area contributed by atoms with Crippen LogP contribution in [0.5, 0.6) is 0 Å². The predicted molar refractivity (Wildman–Crippen MR) is 154 cm³/mol. The molecule has 1 saturated heterocycles. The summed E-state index contributed by atoms with van der Waals surface area (Å²) in [5.41, 5.74) is 8.90. The maximum Gasteiger partial charge on any atom is 0.194 e. The lowest BCUT2D eigenvalue weighted by Gasteiger charge is -2.29.